The summed E-state index contributed by atoms with van der Waals surface area (Å²) >= 11 is 7.32. The lowest BCUT2D eigenvalue weighted by Gasteiger charge is -2.13. The van der Waals surface area contributed by atoms with Crippen molar-refractivity contribution in [1.29, 1.82) is 0 Å². The number of nitrogens with zero attached hydrogens (tertiary/aromatic N) is 3. The topological polar surface area (TPSA) is 69.0 Å². The number of carbonyl (C=O) groups is 1. The number of anilines is 1. The molecule has 0 bridgehead atoms. The van der Waals surface area contributed by atoms with Crippen LogP contribution in [0.4, 0.5) is 5.69 Å². The predicted molar refractivity (Wildman–Crippen MR) is 118 cm³/mol. The third kappa shape index (κ3) is 5.19. The summed E-state index contributed by atoms with van der Waals surface area (Å²) in [6.07, 6.45) is 1.77. The molecule has 150 valence electrons. The average Bonchev–Trinajstić information content (AvgIpc) is 3.11. The van der Waals surface area contributed by atoms with Crippen LogP contribution in [0.1, 0.15) is 6.92 Å². The van der Waals surface area contributed by atoms with E-state index in [4.69, 9.17) is 16.3 Å². The molecule has 3 rings (SSSR count). The molecule has 0 spiro atoms. The molecular weight excluding hydrogens is 408 g/mol. The summed E-state index contributed by atoms with van der Waals surface area (Å²) in [5.74, 6) is 1.25. The Kier molecular flexibility index (Phi) is 6.95. The van der Waals surface area contributed by atoms with Crippen molar-refractivity contribution in [3.63, 3.8) is 0 Å². The zero-order valence-corrected chi connectivity index (χ0v) is 17.7. The number of benzene rings is 2. The third-order valence-corrected chi connectivity index (χ3v) is 5.45. The van der Waals surface area contributed by atoms with Crippen molar-refractivity contribution >= 4 is 35.0 Å². The van der Waals surface area contributed by atoms with Crippen molar-refractivity contribution in [2.45, 2.75) is 23.9 Å². The number of amides is 1. The van der Waals surface area contributed by atoms with E-state index in [0.717, 1.165) is 5.56 Å². The van der Waals surface area contributed by atoms with Crippen LogP contribution in [0, 0.1) is 0 Å². The van der Waals surface area contributed by atoms with E-state index in [1.807, 2.05) is 41.8 Å². The fourth-order valence-corrected chi connectivity index (χ4v) is 3.62. The third-order valence-electron chi connectivity index (χ3n) is 4.12. The van der Waals surface area contributed by atoms with Crippen LogP contribution in [-0.4, -0.2) is 33.0 Å². The number of ether oxygens (including phenoxy) is 1. The maximum absolute atomic E-state index is 12.6. The van der Waals surface area contributed by atoms with Gasteiger partial charge in [0.15, 0.2) is 11.0 Å². The van der Waals surface area contributed by atoms with Crippen LogP contribution in [0.5, 0.6) is 5.75 Å². The number of hydrogen-bond acceptors (Lipinski definition) is 5. The second-order valence-electron chi connectivity index (χ2n) is 6.19. The van der Waals surface area contributed by atoms with Crippen LogP contribution in [0.2, 0.25) is 5.02 Å². The Morgan fingerprint density at radius 3 is 2.76 bits per heavy atom. The maximum Gasteiger partial charge on any atom is 0.237 e. The van der Waals surface area contributed by atoms with E-state index < -0.39 is 0 Å². The molecule has 0 aliphatic rings. The molecule has 1 heterocycles. The van der Waals surface area contributed by atoms with Gasteiger partial charge in [0.05, 0.1) is 12.4 Å². The van der Waals surface area contributed by atoms with Crippen LogP contribution in [0.3, 0.4) is 0 Å². The molecule has 1 amide bonds. The monoisotopic (exact) mass is 428 g/mol. The van der Waals surface area contributed by atoms with Crippen molar-refractivity contribution in [2.75, 3.05) is 12.4 Å². The Bertz CT molecular complexity index is 1000. The fraction of sp³-hybridized carbons (Fsp3) is 0.190. The minimum absolute atomic E-state index is 0.135. The lowest BCUT2D eigenvalue weighted by molar-refractivity contribution is -0.115. The summed E-state index contributed by atoms with van der Waals surface area (Å²) in [6.45, 7) is 6.17. The van der Waals surface area contributed by atoms with Crippen LogP contribution < -0.4 is 10.1 Å². The van der Waals surface area contributed by atoms with E-state index in [0.29, 0.717) is 34.0 Å². The number of aromatic nitrogens is 3. The Labute approximate surface area is 178 Å². The molecule has 0 aliphatic carbocycles. The van der Waals surface area contributed by atoms with Gasteiger partial charge in [0.25, 0.3) is 0 Å². The Balaban J connectivity index is 1.77. The average molecular weight is 429 g/mol. The molecule has 0 saturated heterocycles. The normalized spacial score (nSPS) is 11.7. The zero-order valence-electron chi connectivity index (χ0n) is 16.1. The molecule has 1 unspecified atom stereocenters. The van der Waals surface area contributed by atoms with Gasteiger partial charge in [-0.05, 0) is 43.3 Å². The SMILES string of the molecule is C=CCn1c(SC(C)C(=O)Nc2cccc(OC)c2)nnc1-c1ccc(Cl)cc1. The van der Waals surface area contributed by atoms with Gasteiger partial charge in [-0.2, -0.15) is 0 Å². The first-order chi connectivity index (χ1) is 14.0. The summed E-state index contributed by atoms with van der Waals surface area (Å²) in [6, 6.07) is 14.6. The van der Waals surface area contributed by atoms with Crippen molar-refractivity contribution in [1.82, 2.24) is 14.8 Å². The molecule has 1 aromatic heterocycles. The Morgan fingerprint density at radius 2 is 2.07 bits per heavy atom. The van der Waals surface area contributed by atoms with E-state index in [1.54, 1.807) is 31.4 Å². The molecule has 0 fully saturated rings. The van der Waals surface area contributed by atoms with Gasteiger partial charge in [-0.25, -0.2) is 0 Å². The predicted octanol–water partition coefficient (Wildman–Crippen LogP) is 4.91. The van der Waals surface area contributed by atoms with Crippen LogP contribution in [0.15, 0.2) is 66.3 Å². The van der Waals surface area contributed by atoms with Crippen molar-refractivity contribution < 1.29 is 9.53 Å². The molecule has 3 aromatic rings. The minimum atomic E-state index is -0.382. The molecule has 6 nitrogen and oxygen atoms in total. The number of halogens is 1. The number of allylic oxidation sites excluding steroid dienone is 1. The molecule has 2 aromatic carbocycles. The highest BCUT2D eigenvalue weighted by Gasteiger charge is 2.20. The van der Waals surface area contributed by atoms with E-state index in [-0.39, 0.29) is 11.2 Å². The number of rotatable bonds is 8. The second-order valence-corrected chi connectivity index (χ2v) is 7.94. The molecule has 1 N–H and O–H groups in total. The van der Waals surface area contributed by atoms with Gasteiger partial charge in [-0.1, -0.05) is 35.5 Å². The van der Waals surface area contributed by atoms with Crippen molar-refractivity contribution in [3.05, 3.63) is 66.2 Å². The quantitative estimate of drug-likeness (QED) is 0.407. The van der Waals surface area contributed by atoms with Crippen LogP contribution in [-0.2, 0) is 11.3 Å². The number of nitrogens with one attached hydrogen (secondary N) is 1. The number of thioether (sulfide) groups is 1. The lowest BCUT2D eigenvalue weighted by atomic mass is 10.2. The molecule has 29 heavy (non-hydrogen) atoms. The highest BCUT2D eigenvalue weighted by atomic mass is 35.5. The first kappa shape index (κ1) is 21.0. The summed E-state index contributed by atoms with van der Waals surface area (Å²) in [7, 11) is 1.59. The van der Waals surface area contributed by atoms with Gasteiger partial charge >= 0.3 is 0 Å². The second kappa shape index (κ2) is 9.62. The standard InChI is InChI=1S/C21H21ClN4O2S/c1-4-12-26-19(15-8-10-16(22)11-9-15)24-25-21(26)29-14(2)20(27)23-17-6-5-7-18(13-17)28-3/h4-11,13-14H,1,12H2,2-3H3,(H,23,27). The molecule has 0 radical (unpaired) electrons. The zero-order chi connectivity index (χ0) is 20.8. The number of carbonyl (C=O) groups excluding carboxylic acids is 1. The Morgan fingerprint density at radius 1 is 1.31 bits per heavy atom. The van der Waals surface area contributed by atoms with Gasteiger partial charge in [0, 0.05) is 28.9 Å². The highest BCUT2D eigenvalue weighted by molar-refractivity contribution is 8.00. The van der Waals surface area contributed by atoms with Crippen LogP contribution in [0.25, 0.3) is 11.4 Å². The molecule has 1 atom stereocenters. The van der Waals surface area contributed by atoms with E-state index in [1.165, 1.54) is 11.8 Å². The van der Waals surface area contributed by atoms with E-state index >= 15 is 0 Å². The molecule has 8 heteroatoms. The summed E-state index contributed by atoms with van der Waals surface area (Å²) < 4.78 is 7.12. The summed E-state index contributed by atoms with van der Waals surface area (Å²) in [5, 5.41) is 12.4. The largest absolute Gasteiger partial charge is 0.497 e. The lowest BCUT2D eigenvalue weighted by Crippen LogP contribution is -2.23. The fourth-order valence-electron chi connectivity index (χ4n) is 2.64. The number of methoxy groups -OCH3 is 1. The smallest absolute Gasteiger partial charge is 0.237 e. The molecule has 0 aliphatic heterocycles. The number of hydrogen-bond donors (Lipinski definition) is 1. The van der Waals surface area contributed by atoms with Gasteiger partial charge in [-0.15, -0.1) is 16.8 Å². The van der Waals surface area contributed by atoms with Gasteiger partial charge in [0.1, 0.15) is 5.75 Å². The van der Waals surface area contributed by atoms with E-state index in [9.17, 15) is 4.79 Å². The maximum atomic E-state index is 12.6. The molecular formula is C21H21ClN4O2S. The van der Waals surface area contributed by atoms with E-state index in [2.05, 4.69) is 22.1 Å². The van der Waals surface area contributed by atoms with Crippen LogP contribution >= 0.6 is 23.4 Å². The Hall–Kier alpha value is -2.77. The minimum Gasteiger partial charge on any atom is -0.497 e. The first-order valence-corrected chi connectivity index (χ1v) is 10.2. The van der Waals surface area contributed by atoms with Crippen molar-refractivity contribution in [3.8, 4) is 17.1 Å². The summed E-state index contributed by atoms with van der Waals surface area (Å²) in [4.78, 5) is 12.6. The highest BCUT2D eigenvalue weighted by Crippen LogP contribution is 2.28. The first-order valence-electron chi connectivity index (χ1n) is 8.93. The molecule has 0 saturated carbocycles. The van der Waals surface area contributed by atoms with Crippen molar-refractivity contribution in [2.24, 2.45) is 0 Å². The summed E-state index contributed by atoms with van der Waals surface area (Å²) in [5.41, 5.74) is 1.57. The van der Waals surface area contributed by atoms with Gasteiger partial charge in [0.2, 0.25) is 5.91 Å². The van der Waals surface area contributed by atoms with Gasteiger partial charge < -0.3 is 10.1 Å². The van der Waals surface area contributed by atoms with Gasteiger partial charge in [-0.3, -0.25) is 9.36 Å².